The van der Waals surface area contributed by atoms with Gasteiger partial charge >= 0.3 is 6.03 Å². The highest BCUT2D eigenvalue weighted by Crippen LogP contribution is 2.38. The standard InChI is InChI=1S/C18H19FN2OS/c1-2-13-6-3-4-9-16(13)20-18(22)21-10-11-23-17(21)14-7-5-8-15(19)12-14/h3-9,12,17H,2,10-11H2,1H3,(H,20,22)/t17-/m0/s1. The normalized spacial score (nSPS) is 17.3. The van der Waals surface area contributed by atoms with Gasteiger partial charge in [0, 0.05) is 18.0 Å². The Hall–Kier alpha value is -2.01. The fourth-order valence-electron chi connectivity index (χ4n) is 2.75. The molecule has 0 saturated carbocycles. The molecule has 1 saturated heterocycles. The van der Waals surface area contributed by atoms with Crippen molar-refractivity contribution in [3.05, 3.63) is 65.5 Å². The van der Waals surface area contributed by atoms with Crippen molar-refractivity contribution in [2.24, 2.45) is 0 Å². The van der Waals surface area contributed by atoms with E-state index in [0.29, 0.717) is 6.54 Å². The number of benzene rings is 2. The minimum absolute atomic E-state index is 0.134. The number of halogens is 1. The third-order valence-electron chi connectivity index (χ3n) is 3.93. The first-order valence-electron chi connectivity index (χ1n) is 7.71. The van der Waals surface area contributed by atoms with E-state index in [2.05, 4.69) is 12.2 Å². The number of anilines is 1. The second-order valence-electron chi connectivity index (χ2n) is 5.41. The molecule has 0 radical (unpaired) electrons. The van der Waals surface area contributed by atoms with Gasteiger partial charge in [-0.05, 0) is 35.7 Å². The first-order chi connectivity index (χ1) is 11.2. The molecule has 1 aliphatic rings. The van der Waals surface area contributed by atoms with E-state index in [4.69, 9.17) is 0 Å². The van der Waals surface area contributed by atoms with Crippen molar-refractivity contribution in [3.8, 4) is 0 Å². The molecule has 3 rings (SSSR count). The van der Waals surface area contributed by atoms with E-state index in [1.54, 1.807) is 22.7 Å². The monoisotopic (exact) mass is 330 g/mol. The highest BCUT2D eigenvalue weighted by atomic mass is 32.2. The van der Waals surface area contributed by atoms with E-state index >= 15 is 0 Å². The van der Waals surface area contributed by atoms with Crippen LogP contribution in [0.4, 0.5) is 14.9 Å². The smallest absolute Gasteiger partial charge is 0.308 e. The maximum absolute atomic E-state index is 13.5. The lowest BCUT2D eigenvalue weighted by Crippen LogP contribution is -2.34. The molecule has 0 unspecified atom stereocenters. The molecule has 0 aromatic heterocycles. The average Bonchev–Trinajstić information content (AvgIpc) is 3.05. The largest absolute Gasteiger partial charge is 0.323 e. The Morgan fingerprint density at radius 2 is 2.13 bits per heavy atom. The number of thioether (sulfide) groups is 1. The lowest BCUT2D eigenvalue weighted by molar-refractivity contribution is 0.214. The molecule has 1 heterocycles. The summed E-state index contributed by atoms with van der Waals surface area (Å²) in [4.78, 5) is 14.4. The van der Waals surface area contributed by atoms with E-state index in [1.165, 1.54) is 12.1 Å². The van der Waals surface area contributed by atoms with Crippen molar-refractivity contribution in [3.63, 3.8) is 0 Å². The molecule has 1 N–H and O–H groups in total. The summed E-state index contributed by atoms with van der Waals surface area (Å²) in [6.07, 6.45) is 0.860. The predicted octanol–water partition coefficient (Wildman–Crippen LogP) is 4.67. The fraction of sp³-hybridized carbons (Fsp3) is 0.278. The lowest BCUT2D eigenvalue weighted by atomic mass is 10.1. The predicted molar refractivity (Wildman–Crippen MR) is 93.1 cm³/mol. The number of hydrogen-bond acceptors (Lipinski definition) is 2. The van der Waals surface area contributed by atoms with E-state index < -0.39 is 0 Å². The van der Waals surface area contributed by atoms with E-state index in [-0.39, 0.29) is 17.2 Å². The van der Waals surface area contributed by atoms with Crippen LogP contribution in [0.25, 0.3) is 0 Å². The number of nitrogens with zero attached hydrogens (tertiary/aromatic N) is 1. The van der Waals surface area contributed by atoms with Gasteiger partial charge in [0.25, 0.3) is 0 Å². The summed E-state index contributed by atoms with van der Waals surface area (Å²) in [6.45, 7) is 2.72. The number of urea groups is 1. The molecule has 0 bridgehead atoms. The quantitative estimate of drug-likeness (QED) is 0.887. The Labute approximate surface area is 139 Å². The van der Waals surface area contributed by atoms with Crippen LogP contribution in [0, 0.1) is 5.82 Å². The van der Waals surface area contributed by atoms with Gasteiger partial charge in [-0.2, -0.15) is 0 Å². The van der Waals surface area contributed by atoms with Gasteiger partial charge in [-0.1, -0.05) is 37.3 Å². The molecule has 2 amide bonds. The summed E-state index contributed by atoms with van der Waals surface area (Å²) < 4.78 is 13.5. The molecule has 1 fully saturated rings. The highest BCUT2D eigenvalue weighted by molar-refractivity contribution is 7.99. The zero-order valence-electron chi connectivity index (χ0n) is 13.0. The molecule has 2 aromatic carbocycles. The third-order valence-corrected chi connectivity index (χ3v) is 5.19. The van der Waals surface area contributed by atoms with Crippen LogP contribution in [0.2, 0.25) is 0 Å². The Morgan fingerprint density at radius 3 is 2.91 bits per heavy atom. The van der Waals surface area contributed by atoms with Gasteiger partial charge in [0.2, 0.25) is 0 Å². The van der Waals surface area contributed by atoms with E-state index in [0.717, 1.165) is 29.0 Å². The molecule has 5 heteroatoms. The maximum Gasteiger partial charge on any atom is 0.323 e. The topological polar surface area (TPSA) is 32.3 Å². The molecular formula is C18H19FN2OS. The van der Waals surface area contributed by atoms with Crippen molar-refractivity contribution in [2.75, 3.05) is 17.6 Å². The Morgan fingerprint density at radius 1 is 1.30 bits per heavy atom. The first-order valence-corrected chi connectivity index (χ1v) is 8.76. The maximum atomic E-state index is 13.5. The van der Waals surface area contributed by atoms with Gasteiger partial charge in [0.1, 0.15) is 11.2 Å². The van der Waals surface area contributed by atoms with Gasteiger partial charge < -0.3 is 10.2 Å². The summed E-state index contributed by atoms with van der Waals surface area (Å²) in [6, 6.07) is 14.2. The van der Waals surface area contributed by atoms with Crippen LogP contribution in [0.15, 0.2) is 48.5 Å². The van der Waals surface area contributed by atoms with Crippen LogP contribution in [0.3, 0.4) is 0 Å². The van der Waals surface area contributed by atoms with Gasteiger partial charge in [0.15, 0.2) is 0 Å². The Bertz CT molecular complexity index is 707. The SMILES string of the molecule is CCc1ccccc1NC(=O)N1CCS[C@H]1c1cccc(F)c1. The van der Waals surface area contributed by atoms with Crippen LogP contribution in [-0.4, -0.2) is 23.2 Å². The Balaban J connectivity index is 1.78. The summed E-state index contributed by atoms with van der Waals surface area (Å²) in [5.41, 5.74) is 2.77. The second-order valence-corrected chi connectivity index (χ2v) is 6.60. The zero-order valence-corrected chi connectivity index (χ0v) is 13.8. The van der Waals surface area contributed by atoms with Gasteiger partial charge in [-0.15, -0.1) is 11.8 Å². The van der Waals surface area contributed by atoms with Crippen LogP contribution < -0.4 is 5.32 Å². The molecule has 23 heavy (non-hydrogen) atoms. The molecular weight excluding hydrogens is 311 g/mol. The number of hydrogen-bond donors (Lipinski definition) is 1. The third kappa shape index (κ3) is 3.50. The van der Waals surface area contributed by atoms with Crippen LogP contribution in [0.5, 0.6) is 0 Å². The molecule has 120 valence electrons. The van der Waals surface area contributed by atoms with Gasteiger partial charge in [-0.25, -0.2) is 9.18 Å². The van der Waals surface area contributed by atoms with Crippen molar-refractivity contribution in [1.82, 2.24) is 4.90 Å². The number of amides is 2. The molecule has 1 aliphatic heterocycles. The summed E-state index contributed by atoms with van der Waals surface area (Å²) in [5.74, 6) is 0.580. The minimum atomic E-state index is -0.272. The highest BCUT2D eigenvalue weighted by Gasteiger charge is 2.31. The average molecular weight is 330 g/mol. The van der Waals surface area contributed by atoms with Crippen LogP contribution in [0.1, 0.15) is 23.4 Å². The van der Waals surface area contributed by atoms with E-state index in [1.807, 2.05) is 30.3 Å². The van der Waals surface area contributed by atoms with Crippen molar-refractivity contribution >= 4 is 23.5 Å². The second kappa shape index (κ2) is 7.04. The molecule has 2 aromatic rings. The minimum Gasteiger partial charge on any atom is -0.308 e. The number of aryl methyl sites for hydroxylation is 1. The summed E-state index contributed by atoms with van der Waals surface area (Å²) >= 11 is 1.66. The van der Waals surface area contributed by atoms with Crippen molar-refractivity contribution in [2.45, 2.75) is 18.7 Å². The first kappa shape index (κ1) is 15.9. The van der Waals surface area contributed by atoms with Crippen molar-refractivity contribution < 1.29 is 9.18 Å². The van der Waals surface area contributed by atoms with Crippen molar-refractivity contribution in [1.29, 1.82) is 0 Å². The summed E-state index contributed by atoms with van der Waals surface area (Å²) in [5, 5.41) is 2.86. The zero-order chi connectivity index (χ0) is 16.2. The van der Waals surface area contributed by atoms with Crippen LogP contribution in [-0.2, 0) is 6.42 Å². The number of carbonyl (C=O) groups is 1. The Kier molecular flexibility index (Phi) is 4.86. The van der Waals surface area contributed by atoms with Gasteiger partial charge in [-0.3, -0.25) is 0 Å². The number of nitrogens with one attached hydrogen (secondary N) is 1. The lowest BCUT2D eigenvalue weighted by Gasteiger charge is -2.25. The number of rotatable bonds is 3. The molecule has 1 atom stereocenters. The fourth-order valence-corrected chi connectivity index (χ4v) is 4.00. The molecule has 3 nitrogen and oxygen atoms in total. The number of para-hydroxylation sites is 1. The number of carbonyl (C=O) groups excluding carboxylic acids is 1. The van der Waals surface area contributed by atoms with E-state index in [9.17, 15) is 9.18 Å². The van der Waals surface area contributed by atoms with Gasteiger partial charge in [0.05, 0.1) is 0 Å². The molecule has 0 aliphatic carbocycles. The summed E-state index contributed by atoms with van der Waals surface area (Å²) in [7, 11) is 0. The van der Waals surface area contributed by atoms with Crippen LogP contribution >= 0.6 is 11.8 Å². The molecule has 0 spiro atoms.